The van der Waals surface area contributed by atoms with Crippen LogP contribution >= 0.6 is 0 Å². The molecule has 1 heterocycles. The molecule has 0 saturated carbocycles. The number of carbonyl (C=O) groups excluding carboxylic acids is 2. The first-order valence-corrected chi connectivity index (χ1v) is 6.80. The summed E-state index contributed by atoms with van der Waals surface area (Å²) in [7, 11) is 3.11. The molecule has 1 saturated heterocycles. The van der Waals surface area contributed by atoms with E-state index in [1.807, 2.05) is 18.7 Å². The highest BCUT2D eigenvalue weighted by Gasteiger charge is 2.41. The second kappa shape index (κ2) is 5.27. The van der Waals surface area contributed by atoms with Crippen LogP contribution in [-0.2, 0) is 9.53 Å². The van der Waals surface area contributed by atoms with Crippen molar-refractivity contribution in [3.8, 4) is 0 Å². The Kier molecular flexibility index (Phi) is 3.80. The third kappa shape index (κ3) is 2.53. The molecule has 6 heteroatoms. The molecule has 1 aromatic carbocycles. The lowest BCUT2D eigenvalue weighted by atomic mass is 9.95. The number of rotatable bonds is 2. The van der Waals surface area contributed by atoms with Gasteiger partial charge in [0.15, 0.2) is 0 Å². The van der Waals surface area contributed by atoms with Gasteiger partial charge < -0.3 is 20.3 Å². The molecule has 1 aliphatic rings. The number of anilines is 2. The fourth-order valence-electron chi connectivity index (χ4n) is 2.70. The summed E-state index contributed by atoms with van der Waals surface area (Å²) in [6.45, 7) is 4.95. The third-order valence-electron chi connectivity index (χ3n) is 3.92. The molecule has 114 valence electrons. The number of benzene rings is 1. The zero-order chi connectivity index (χ0) is 15.8. The first kappa shape index (κ1) is 15.2. The fourth-order valence-corrected chi connectivity index (χ4v) is 2.70. The van der Waals surface area contributed by atoms with Gasteiger partial charge in [0.25, 0.3) is 0 Å². The van der Waals surface area contributed by atoms with Crippen molar-refractivity contribution in [2.75, 3.05) is 37.9 Å². The van der Waals surface area contributed by atoms with Crippen LogP contribution in [0.2, 0.25) is 0 Å². The minimum atomic E-state index is -0.730. The summed E-state index contributed by atoms with van der Waals surface area (Å²) in [6.07, 6.45) is 0. The zero-order valence-corrected chi connectivity index (χ0v) is 12.8. The van der Waals surface area contributed by atoms with Crippen molar-refractivity contribution in [2.45, 2.75) is 19.4 Å². The summed E-state index contributed by atoms with van der Waals surface area (Å²) in [6, 6.07) is 5.07. The van der Waals surface area contributed by atoms with Gasteiger partial charge in [-0.3, -0.25) is 4.79 Å². The molecule has 1 amide bonds. The van der Waals surface area contributed by atoms with Crippen LogP contribution in [0.3, 0.4) is 0 Å². The topological polar surface area (TPSA) is 75.9 Å². The molecule has 0 atom stereocenters. The van der Waals surface area contributed by atoms with Crippen LogP contribution in [-0.4, -0.2) is 49.6 Å². The number of carbonyl (C=O) groups is 2. The van der Waals surface area contributed by atoms with E-state index in [4.69, 9.17) is 10.5 Å². The van der Waals surface area contributed by atoms with E-state index in [1.165, 1.54) is 7.11 Å². The number of nitrogens with zero attached hydrogens (tertiary/aromatic N) is 2. The highest BCUT2D eigenvalue weighted by molar-refractivity contribution is 5.99. The number of likely N-dealkylation sites (N-methyl/N-ethyl adjacent to an activating group) is 1. The summed E-state index contributed by atoms with van der Waals surface area (Å²) in [4.78, 5) is 28.0. The van der Waals surface area contributed by atoms with Gasteiger partial charge in [-0.1, -0.05) is 0 Å². The maximum atomic E-state index is 12.4. The fraction of sp³-hybridized carbons (Fsp3) is 0.467. The van der Waals surface area contributed by atoms with Crippen molar-refractivity contribution < 1.29 is 14.3 Å². The average Bonchev–Trinajstić information content (AvgIpc) is 2.45. The molecular formula is C15H21N3O3. The van der Waals surface area contributed by atoms with Gasteiger partial charge in [-0.15, -0.1) is 0 Å². The van der Waals surface area contributed by atoms with Crippen molar-refractivity contribution in [1.29, 1.82) is 0 Å². The van der Waals surface area contributed by atoms with E-state index < -0.39 is 11.5 Å². The van der Waals surface area contributed by atoms with Crippen molar-refractivity contribution in [2.24, 2.45) is 0 Å². The number of nitrogens with two attached hydrogens (primary N) is 1. The van der Waals surface area contributed by atoms with Crippen LogP contribution in [0.25, 0.3) is 0 Å². The molecule has 0 unspecified atom stereocenters. The third-order valence-corrected chi connectivity index (χ3v) is 3.92. The van der Waals surface area contributed by atoms with Gasteiger partial charge in [-0.25, -0.2) is 4.79 Å². The minimum Gasteiger partial charge on any atom is -0.465 e. The molecule has 1 aromatic rings. The molecule has 6 nitrogen and oxygen atoms in total. The van der Waals surface area contributed by atoms with Crippen LogP contribution in [0.15, 0.2) is 18.2 Å². The quantitative estimate of drug-likeness (QED) is 0.652. The molecular weight excluding hydrogens is 270 g/mol. The van der Waals surface area contributed by atoms with Gasteiger partial charge in [0.2, 0.25) is 5.91 Å². The van der Waals surface area contributed by atoms with E-state index in [-0.39, 0.29) is 5.91 Å². The number of amides is 1. The Bertz CT molecular complexity index is 584. The molecule has 0 aliphatic carbocycles. The van der Waals surface area contributed by atoms with Gasteiger partial charge in [-0.2, -0.15) is 0 Å². The lowest BCUT2D eigenvalue weighted by Crippen LogP contribution is -2.62. The molecule has 0 radical (unpaired) electrons. The SMILES string of the molecule is COC(=O)c1cc(N)ccc1N1CCN(C)C(=O)C1(C)C. The zero-order valence-electron chi connectivity index (χ0n) is 12.8. The molecule has 0 spiro atoms. The van der Waals surface area contributed by atoms with E-state index in [2.05, 4.69) is 0 Å². The lowest BCUT2D eigenvalue weighted by Gasteiger charge is -2.46. The standard InChI is InChI=1S/C15H21N3O3/c1-15(2)14(20)17(3)7-8-18(15)12-6-5-10(16)9-11(12)13(19)21-4/h5-6,9H,7-8,16H2,1-4H3. The number of ether oxygens (including phenoxy) is 1. The molecule has 1 aliphatic heterocycles. The highest BCUT2D eigenvalue weighted by Crippen LogP contribution is 2.32. The van der Waals surface area contributed by atoms with Gasteiger partial charge in [0, 0.05) is 25.8 Å². The Balaban J connectivity index is 2.51. The smallest absolute Gasteiger partial charge is 0.340 e. The average molecular weight is 291 g/mol. The van der Waals surface area contributed by atoms with Crippen LogP contribution in [0.5, 0.6) is 0 Å². The van der Waals surface area contributed by atoms with Crippen molar-refractivity contribution in [1.82, 2.24) is 4.90 Å². The molecule has 21 heavy (non-hydrogen) atoms. The number of piperazine rings is 1. The number of methoxy groups -OCH3 is 1. The first-order chi connectivity index (χ1) is 9.78. The highest BCUT2D eigenvalue weighted by atomic mass is 16.5. The Labute approximate surface area is 124 Å². The van der Waals surface area contributed by atoms with Crippen LogP contribution in [0, 0.1) is 0 Å². The Morgan fingerprint density at radius 3 is 2.62 bits per heavy atom. The summed E-state index contributed by atoms with van der Waals surface area (Å²) >= 11 is 0. The molecule has 2 N–H and O–H groups in total. The second-order valence-corrected chi connectivity index (χ2v) is 5.71. The number of hydrogen-bond acceptors (Lipinski definition) is 5. The maximum absolute atomic E-state index is 12.4. The Morgan fingerprint density at radius 1 is 1.33 bits per heavy atom. The van der Waals surface area contributed by atoms with Crippen LogP contribution < -0.4 is 10.6 Å². The predicted octanol–water partition coefficient (Wildman–Crippen LogP) is 1.11. The van der Waals surface area contributed by atoms with Crippen molar-refractivity contribution >= 4 is 23.3 Å². The van der Waals surface area contributed by atoms with E-state index in [0.29, 0.717) is 30.0 Å². The van der Waals surface area contributed by atoms with Gasteiger partial charge in [0.05, 0.1) is 18.4 Å². The minimum absolute atomic E-state index is 0.0152. The van der Waals surface area contributed by atoms with Crippen LogP contribution in [0.4, 0.5) is 11.4 Å². The van der Waals surface area contributed by atoms with Crippen LogP contribution in [0.1, 0.15) is 24.2 Å². The largest absolute Gasteiger partial charge is 0.465 e. The number of nitrogen functional groups attached to an aromatic ring is 1. The summed E-state index contributed by atoms with van der Waals surface area (Å²) in [5, 5.41) is 0. The van der Waals surface area contributed by atoms with Gasteiger partial charge in [0.1, 0.15) is 5.54 Å². The molecule has 0 bridgehead atoms. The van der Waals surface area contributed by atoms with Crippen molar-refractivity contribution in [3.05, 3.63) is 23.8 Å². The number of hydrogen-bond donors (Lipinski definition) is 1. The lowest BCUT2D eigenvalue weighted by molar-refractivity contribution is -0.136. The maximum Gasteiger partial charge on any atom is 0.340 e. The Hall–Kier alpha value is -2.24. The van der Waals surface area contributed by atoms with E-state index in [1.54, 1.807) is 30.1 Å². The normalized spacial score (nSPS) is 17.8. The predicted molar refractivity (Wildman–Crippen MR) is 81.3 cm³/mol. The van der Waals surface area contributed by atoms with E-state index in [9.17, 15) is 9.59 Å². The van der Waals surface area contributed by atoms with Gasteiger partial charge >= 0.3 is 5.97 Å². The van der Waals surface area contributed by atoms with E-state index in [0.717, 1.165) is 0 Å². The number of esters is 1. The summed E-state index contributed by atoms with van der Waals surface area (Å²) in [5.41, 5.74) is 6.57. The summed E-state index contributed by atoms with van der Waals surface area (Å²) in [5.74, 6) is -0.444. The molecule has 0 aromatic heterocycles. The van der Waals surface area contributed by atoms with E-state index >= 15 is 0 Å². The van der Waals surface area contributed by atoms with Gasteiger partial charge in [-0.05, 0) is 32.0 Å². The first-order valence-electron chi connectivity index (χ1n) is 6.80. The molecule has 2 rings (SSSR count). The summed E-state index contributed by atoms with van der Waals surface area (Å²) < 4.78 is 4.82. The monoisotopic (exact) mass is 291 g/mol. The molecule has 1 fully saturated rings. The van der Waals surface area contributed by atoms with Crippen molar-refractivity contribution in [3.63, 3.8) is 0 Å². The second-order valence-electron chi connectivity index (χ2n) is 5.71. The Morgan fingerprint density at radius 2 is 2.00 bits per heavy atom.